The predicted octanol–water partition coefficient (Wildman–Crippen LogP) is 6.04. The minimum Gasteiger partial charge on any atom is -0.467 e. The van der Waals surface area contributed by atoms with E-state index < -0.39 is 17.7 Å². The van der Waals surface area contributed by atoms with Crippen LogP contribution in [0.25, 0.3) is 0 Å². The highest BCUT2D eigenvalue weighted by Crippen LogP contribution is 2.50. The van der Waals surface area contributed by atoms with Crippen molar-refractivity contribution in [2.45, 2.75) is 18.7 Å². The Labute approximate surface area is 209 Å². The number of hydrogen-bond donors (Lipinski definition) is 2. The lowest BCUT2D eigenvalue weighted by molar-refractivity contribution is -0.130. The summed E-state index contributed by atoms with van der Waals surface area (Å²) < 4.78 is 21.0. The molecule has 0 aliphatic carbocycles. The van der Waals surface area contributed by atoms with Gasteiger partial charge in [-0.05, 0) is 85.9 Å². The second-order valence-corrected chi connectivity index (χ2v) is 9.79. The fourth-order valence-electron chi connectivity index (χ4n) is 4.49. The van der Waals surface area contributed by atoms with Crippen LogP contribution in [0.4, 0.5) is 15.8 Å². The number of nitrogens with one attached hydrogen (secondary N) is 2. The van der Waals surface area contributed by atoms with Crippen molar-refractivity contribution < 1.29 is 13.9 Å². The van der Waals surface area contributed by atoms with E-state index in [1.165, 1.54) is 12.1 Å². The SMILES string of the molecule is C[C@]12Oc3ccc(Br)cc3[C@@H](NC(=S)N1c1ccc(F)cc1)[C@H]2C(=O)Nc1ccc(Cl)cc1. The molecule has 1 saturated heterocycles. The number of thiocarbonyl (C=S) groups is 1. The molecule has 2 aliphatic rings. The average Bonchev–Trinajstić information content (AvgIpc) is 2.77. The van der Waals surface area contributed by atoms with Crippen LogP contribution in [0.1, 0.15) is 18.5 Å². The molecular weight excluding hydrogens is 529 g/mol. The molecule has 33 heavy (non-hydrogen) atoms. The van der Waals surface area contributed by atoms with Gasteiger partial charge in [-0.1, -0.05) is 27.5 Å². The zero-order valence-electron chi connectivity index (χ0n) is 17.3. The van der Waals surface area contributed by atoms with Crippen LogP contribution in [0, 0.1) is 11.7 Å². The molecule has 5 rings (SSSR count). The van der Waals surface area contributed by atoms with E-state index in [9.17, 15) is 9.18 Å². The molecule has 2 N–H and O–H groups in total. The molecule has 9 heteroatoms. The van der Waals surface area contributed by atoms with E-state index in [0.29, 0.717) is 27.3 Å². The van der Waals surface area contributed by atoms with Gasteiger partial charge in [-0.15, -0.1) is 0 Å². The van der Waals surface area contributed by atoms with E-state index in [2.05, 4.69) is 26.6 Å². The average molecular weight is 547 g/mol. The lowest BCUT2D eigenvalue weighted by atomic mass is 9.78. The summed E-state index contributed by atoms with van der Waals surface area (Å²) in [6, 6.07) is 18.1. The molecule has 0 saturated carbocycles. The fraction of sp³-hybridized carbons (Fsp3) is 0.167. The first-order chi connectivity index (χ1) is 15.8. The number of rotatable bonds is 3. The molecule has 2 aliphatic heterocycles. The van der Waals surface area contributed by atoms with Gasteiger partial charge in [0.2, 0.25) is 5.91 Å². The molecule has 5 nitrogen and oxygen atoms in total. The van der Waals surface area contributed by atoms with Crippen molar-refractivity contribution in [2.75, 3.05) is 10.2 Å². The smallest absolute Gasteiger partial charge is 0.236 e. The molecule has 1 fully saturated rings. The van der Waals surface area contributed by atoms with Gasteiger partial charge in [0.25, 0.3) is 0 Å². The number of halogens is 3. The monoisotopic (exact) mass is 545 g/mol. The Bertz CT molecular complexity index is 1260. The molecule has 1 amide bonds. The minimum atomic E-state index is -1.18. The van der Waals surface area contributed by atoms with Crippen LogP contribution in [0.15, 0.2) is 71.2 Å². The Hall–Kier alpha value is -2.68. The number of benzene rings is 3. The van der Waals surface area contributed by atoms with Crippen molar-refractivity contribution >= 4 is 62.1 Å². The summed E-state index contributed by atoms with van der Waals surface area (Å²) in [5.41, 5.74) is 0.864. The number of amides is 1. The summed E-state index contributed by atoms with van der Waals surface area (Å²) >= 11 is 15.2. The van der Waals surface area contributed by atoms with Crippen LogP contribution in [-0.4, -0.2) is 16.7 Å². The third kappa shape index (κ3) is 3.86. The van der Waals surface area contributed by atoms with Crippen molar-refractivity contribution in [2.24, 2.45) is 5.92 Å². The first-order valence-electron chi connectivity index (χ1n) is 10.2. The highest BCUT2D eigenvalue weighted by atomic mass is 79.9. The van der Waals surface area contributed by atoms with Crippen molar-refractivity contribution in [1.29, 1.82) is 0 Å². The molecule has 0 radical (unpaired) electrons. The summed E-state index contributed by atoms with van der Waals surface area (Å²) in [6.45, 7) is 1.83. The van der Waals surface area contributed by atoms with Gasteiger partial charge in [0.15, 0.2) is 10.8 Å². The zero-order chi connectivity index (χ0) is 23.3. The molecular formula is C24H18BrClFN3O2S. The second kappa shape index (κ2) is 8.27. The quantitative estimate of drug-likeness (QED) is 0.392. The van der Waals surface area contributed by atoms with Gasteiger partial charge in [-0.2, -0.15) is 0 Å². The molecule has 3 aromatic carbocycles. The maximum Gasteiger partial charge on any atom is 0.236 e. The third-order valence-corrected chi connectivity index (χ3v) is 6.98. The third-order valence-electron chi connectivity index (χ3n) is 5.94. The van der Waals surface area contributed by atoms with Crippen LogP contribution < -0.4 is 20.3 Å². The fourth-order valence-corrected chi connectivity index (χ4v) is 5.41. The maximum atomic E-state index is 13.7. The van der Waals surface area contributed by atoms with Crippen LogP contribution in [0.2, 0.25) is 5.02 Å². The highest BCUT2D eigenvalue weighted by Gasteiger charge is 2.59. The van der Waals surface area contributed by atoms with E-state index in [1.807, 2.05) is 25.1 Å². The van der Waals surface area contributed by atoms with Gasteiger partial charge in [-0.25, -0.2) is 4.39 Å². The van der Waals surface area contributed by atoms with Crippen molar-refractivity contribution in [3.05, 3.63) is 87.6 Å². The van der Waals surface area contributed by atoms with Gasteiger partial charge in [0, 0.05) is 26.4 Å². The predicted molar refractivity (Wildman–Crippen MR) is 134 cm³/mol. The second-order valence-electron chi connectivity index (χ2n) is 8.05. The van der Waals surface area contributed by atoms with E-state index in [-0.39, 0.29) is 11.7 Å². The van der Waals surface area contributed by atoms with Crippen LogP contribution in [0.5, 0.6) is 5.75 Å². The topological polar surface area (TPSA) is 53.6 Å². The van der Waals surface area contributed by atoms with Gasteiger partial charge in [0.05, 0.1) is 6.04 Å². The molecule has 168 valence electrons. The van der Waals surface area contributed by atoms with Gasteiger partial charge >= 0.3 is 0 Å². The number of fused-ring (bicyclic) bond motifs is 4. The Morgan fingerprint density at radius 2 is 1.88 bits per heavy atom. The van der Waals surface area contributed by atoms with E-state index in [0.717, 1.165) is 10.0 Å². The molecule has 2 heterocycles. The first kappa shape index (κ1) is 22.1. The molecule has 2 bridgehead atoms. The maximum absolute atomic E-state index is 13.7. The highest BCUT2D eigenvalue weighted by molar-refractivity contribution is 9.10. The largest absolute Gasteiger partial charge is 0.467 e. The zero-order valence-corrected chi connectivity index (χ0v) is 20.5. The molecule has 0 unspecified atom stereocenters. The number of carbonyl (C=O) groups is 1. The lowest BCUT2D eigenvalue weighted by Gasteiger charge is -2.56. The minimum absolute atomic E-state index is 0.252. The lowest BCUT2D eigenvalue weighted by Crippen LogP contribution is -2.72. The van der Waals surface area contributed by atoms with Crippen molar-refractivity contribution in [3.63, 3.8) is 0 Å². The summed E-state index contributed by atoms with van der Waals surface area (Å²) in [6.07, 6.45) is 0. The first-order valence-corrected chi connectivity index (χ1v) is 11.8. The summed E-state index contributed by atoms with van der Waals surface area (Å²) in [5.74, 6) is -0.679. The normalized spacial score (nSPS) is 23.3. The Morgan fingerprint density at radius 3 is 2.58 bits per heavy atom. The summed E-state index contributed by atoms with van der Waals surface area (Å²) in [4.78, 5) is 15.4. The van der Waals surface area contributed by atoms with Crippen LogP contribution in [0.3, 0.4) is 0 Å². The number of anilines is 2. The molecule has 3 aromatic rings. The number of nitrogens with zero attached hydrogens (tertiary/aromatic N) is 1. The molecule has 0 aromatic heterocycles. The van der Waals surface area contributed by atoms with Crippen molar-refractivity contribution in [3.8, 4) is 5.75 Å². The van der Waals surface area contributed by atoms with Crippen molar-refractivity contribution in [1.82, 2.24) is 5.32 Å². The van der Waals surface area contributed by atoms with E-state index in [4.69, 9.17) is 28.6 Å². The van der Waals surface area contributed by atoms with E-state index >= 15 is 0 Å². The Morgan fingerprint density at radius 1 is 1.18 bits per heavy atom. The summed E-state index contributed by atoms with van der Waals surface area (Å²) in [7, 11) is 0. The summed E-state index contributed by atoms with van der Waals surface area (Å²) in [5, 5.41) is 7.26. The standard InChI is InChI=1S/C24H18BrClFN3O2S/c1-24-20(22(31)28-16-7-3-14(26)4-8-16)21(18-12-13(25)2-11-19(18)32-24)29-23(33)30(24)17-9-5-15(27)6-10-17/h2-12,20-21H,1H3,(H,28,31)(H,29,33)/t20-,21+,24+/m0/s1. The Kier molecular flexibility index (Phi) is 5.55. The van der Waals surface area contributed by atoms with E-state index in [1.54, 1.807) is 41.3 Å². The van der Waals surface area contributed by atoms with Gasteiger partial charge < -0.3 is 15.4 Å². The Balaban J connectivity index is 1.62. The number of carbonyl (C=O) groups excluding carboxylic acids is 1. The van der Waals surface area contributed by atoms with Gasteiger partial charge in [-0.3, -0.25) is 9.69 Å². The number of hydrogen-bond acceptors (Lipinski definition) is 3. The van der Waals surface area contributed by atoms with Gasteiger partial charge in [0.1, 0.15) is 17.5 Å². The molecule has 3 atom stereocenters. The number of ether oxygens (including phenoxy) is 1. The van der Waals surface area contributed by atoms with Crippen LogP contribution >= 0.6 is 39.7 Å². The van der Waals surface area contributed by atoms with Crippen LogP contribution in [-0.2, 0) is 4.79 Å². The molecule has 0 spiro atoms.